The van der Waals surface area contributed by atoms with Crippen LogP contribution in [0.1, 0.15) is 25.8 Å². The monoisotopic (exact) mass is 223 g/mol. The lowest BCUT2D eigenvalue weighted by molar-refractivity contribution is 0.778. The predicted molar refractivity (Wildman–Crippen MR) is 62.1 cm³/mol. The van der Waals surface area contributed by atoms with Crippen molar-refractivity contribution in [3.05, 3.63) is 22.8 Å². The van der Waals surface area contributed by atoms with Gasteiger partial charge in [0.15, 0.2) is 0 Å². The SMILES string of the molecule is CCCN(CC)c1cc(C#N)cc(Cl)n1. The van der Waals surface area contributed by atoms with E-state index in [0.717, 1.165) is 25.3 Å². The van der Waals surface area contributed by atoms with Crippen LogP contribution in [0.2, 0.25) is 5.15 Å². The molecule has 0 bridgehead atoms. The van der Waals surface area contributed by atoms with Crippen LogP contribution < -0.4 is 4.90 Å². The third kappa shape index (κ3) is 3.10. The molecule has 1 rings (SSSR count). The van der Waals surface area contributed by atoms with E-state index >= 15 is 0 Å². The average Bonchev–Trinajstić information content (AvgIpc) is 2.24. The molecule has 0 radical (unpaired) electrons. The first-order valence-corrected chi connectivity index (χ1v) is 5.41. The van der Waals surface area contributed by atoms with Gasteiger partial charge < -0.3 is 4.90 Å². The Bertz CT molecular complexity index is 371. The number of pyridine rings is 1. The van der Waals surface area contributed by atoms with Crippen molar-refractivity contribution in [3.63, 3.8) is 0 Å². The summed E-state index contributed by atoms with van der Waals surface area (Å²) in [7, 11) is 0. The quantitative estimate of drug-likeness (QED) is 0.737. The number of nitriles is 1. The van der Waals surface area contributed by atoms with Crippen molar-refractivity contribution in [1.82, 2.24) is 4.98 Å². The van der Waals surface area contributed by atoms with E-state index in [1.54, 1.807) is 12.1 Å². The van der Waals surface area contributed by atoms with Crippen molar-refractivity contribution in [1.29, 1.82) is 5.26 Å². The third-order valence-corrected chi connectivity index (χ3v) is 2.30. The van der Waals surface area contributed by atoms with Gasteiger partial charge in [0.2, 0.25) is 0 Å². The molecule has 80 valence electrons. The minimum atomic E-state index is 0.374. The molecule has 0 atom stereocenters. The lowest BCUT2D eigenvalue weighted by Crippen LogP contribution is -2.24. The second kappa shape index (κ2) is 5.57. The molecule has 0 aliphatic carbocycles. The molecule has 0 aromatic carbocycles. The molecule has 0 saturated heterocycles. The van der Waals surface area contributed by atoms with Crippen LogP contribution in [0.4, 0.5) is 5.82 Å². The van der Waals surface area contributed by atoms with E-state index in [9.17, 15) is 0 Å². The van der Waals surface area contributed by atoms with Crippen molar-refractivity contribution >= 4 is 17.4 Å². The van der Waals surface area contributed by atoms with Gasteiger partial charge in [-0.3, -0.25) is 0 Å². The fourth-order valence-electron chi connectivity index (χ4n) is 1.41. The fraction of sp³-hybridized carbons (Fsp3) is 0.455. The third-order valence-electron chi connectivity index (χ3n) is 2.11. The Hall–Kier alpha value is -1.27. The van der Waals surface area contributed by atoms with Gasteiger partial charge in [-0.15, -0.1) is 0 Å². The Balaban J connectivity index is 3.02. The summed E-state index contributed by atoms with van der Waals surface area (Å²) in [5.41, 5.74) is 0.555. The van der Waals surface area contributed by atoms with Crippen LogP contribution in [-0.4, -0.2) is 18.1 Å². The summed E-state index contributed by atoms with van der Waals surface area (Å²) in [6, 6.07) is 5.42. The molecule has 15 heavy (non-hydrogen) atoms. The molecule has 1 aromatic rings. The summed E-state index contributed by atoms with van der Waals surface area (Å²) < 4.78 is 0. The number of hydrogen-bond acceptors (Lipinski definition) is 3. The molecule has 3 nitrogen and oxygen atoms in total. The molecule has 0 unspecified atom stereocenters. The van der Waals surface area contributed by atoms with E-state index in [0.29, 0.717) is 10.7 Å². The highest BCUT2D eigenvalue weighted by atomic mass is 35.5. The van der Waals surface area contributed by atoms with Gasteiger partial charge in [-0.2, -0.15) is 5.26 Å². The molecule has 0 aliphatic heterocycles. The van der Waals surface area contributed by atoms with E-state index < -0.39 is 0 Å². The smallest absolute Gasteiger partial charge is 0.132 e. The summed E-state index contributed by atoms with van der Waals surface area (Å²) >= 11 is 5.84. The van der Waals surface area contributed by atoms with E-state index in [-0.39, 0.29) is 0 Å². The van der Waals surface area contributed by atoms with Gasteiger partial charge in [-0.1, -0.05) is 18.5 Å². The van der Waals surface area contributed by atoms with Gasteiger partial charge in [0.05, 0.1) is 11.6 Å². The zero-order valence-corrected chi connectivity index (χ0v) is 9.75. The Kier molecular flexibility index (Phi) is 4.38. The highest BCUT2D eigenvalue weighted by Gasteiger charge is 2.07. The first-order valence-electron chi connectivity index (χ1n) is 5.03. The molecule has 0 spiro atoms. The molecular weight excluding hydrogens is 210 g/mol. The summed E-state index contributed by atoms with van der Waals surface area (Å²) in [5.74, 6) is 0.781. The Morgan fingerprint density at radius 1 is 1.47 bits per heavy atom. The van der Waals surface area contributed by atoms with Crippen LogP contribution in [0.3, 0.4) is 0 Å². The number of aromatic nitrogens is 1. The Morgan fingerprint density at radius 3 is 2.73 bits per heavy atom. The molecule has 1 aromatic heterocycles. The van der Waals surface area contributed by atoms with Crippen LogP contribution in [-0.2, 0) is 0 Å². The number of hydrogen-bond donors (Lipinski definition) is 0. The van der Waals surface area contributed by atoms with Crippen molar-refractivity contribution in [2.75, 3.05) is 18.0 Å². The molecule has 0 saturated carbocycles. The number of nitrogens with zero attached hydrogens (tertiary/aromatic N) is 3. The van der Waals surface area contributed by atoms with Crippen LogP contribution in [0.25, 0.3) is 0 Å². The maximum absolute atomic E-state index is 8.82. The zero-order valence-electron chi connectivity index (χ0n) is 9.00. The molecular formula is C11H14ClN3. The van der Waals surface area contributed by atoms with Crippen LogP contribution in [0.15, 0.2) is 12.1 Å². The summed E-state index contributed by atoms with van der Waals surface area (Å²) in [6.45, 7) is 5.96. The highest BCUT2D eigenvalue weighted by Crippen LogP contribution is 2.17. The van der Waals surface area contributed by atoms with Crippen LogP contribution in [0.5, 0.6) is 0 Å². The average molecular weight is 224 g/mol. The lowest BCUT2D eigenvalue weighted by atomic mass is 10.2. The topological polar surface area (TPSA) is 39.9 Å². The number of rotatable bonds is 4. The van der Waals surface area contributed by atoms with E-state index in [1.807, 2.05) is 0 Å². The fourth-order valence-corrected chi connectivity index (χ4v) is 1.62. The molecule has 0 aliphatic rings. The maximum Gasteiger partial charge on any atom is 0.132 e. The number of halogens is 1. The second-order valence-corrected chi connectivity index (χ2v) is 3.62. The molecule has 1 heterocycles. The first-order chi connectivity index (χ1) is 7.21. The van der Waals surface area contributed by atoms with E-state index in [1.165, 1.54) is 0 Å². The van der Waals surface area contributed by atoms with E-state index in [2.05, 4.69) is 29.8 Å². The van der Waals surface area contributed by atoms with Gasteiger partial charge >= 0.3 is 0 Å². The standard InChI is InChI=1S/C11H14ClN3/c1-3-5-15(4-2)11-7-9(8-13)6-10(12)14-11/h6-7H,3-5H2,1-2H3. The molecule has 0 N–H and O–H groups in total. The minimum absolute atomic E-state index is 0.374. The first kappa shape index (κ1) is 11.8. The molecule has 0 fully saturated rings. The number of anilines is 1. The normalized spacial score (nSPS) is 9.73. The highest BCUT2D eigenvalue weighted by molar-refractivity contribution is 6.29. The van der Waals surface area contributed by atoms with Crippen molar-refractivity contribution in [2.24, 2.45) is 0 Å². The van der Waals surface area contributed by atoms with Crippen LogP contribution >= 0.6 is 11.6 Å². The minimum Gasteiger partial charge on any atom is -0.357 e. The summed E-state index contributed by atoms with van der Waals surface area (Å²) in [5, 5.41) is 9.19. The molecule has 4 heteroatoms. The second-order valence-electron chi connectivity index (χ2n) is 3.23. The van der Waals surface area contributed by atoms with E-state index in [4.69, 9.17) is 16.9 Å². The largest absolute Gasteiger partial charge is 0.357 e. The van der Waals surface area contributed by atoms with Gasteiger partial charge in [-0.25, -0.2) is 4.98 Å². The predicted octanol–water partition coefficient (Wildman–Crippen LogP) is 2.84. The maximum atomic E-state index is 8.82. The summed E-state index contributed by atoms with van der Waals surface area (Å²) in [6.07, 6.45) is 1.05. The summed E-state index contributed by atoms with van der Waals surface area (Å²) in [4.78, 5) is 6.32. The van der Waals surface area contributed by atoms with Crippen LogP contribution in [0, 0.1) is 11.3 Å². The van der Waals surface area contributed by atoms with Crippen molar-refractivity contribution in [2.45, 2.75) is 20.3 Å². The zero-order chi connectivity index (χ0) is 11.3. The van der Waals surface area contributed by atoms with Crippen molar-refractivity contribution < 1.29 is 0 Å². The lowest BCUT2D eigenvalue weighted by Gasteiger charge is -2.21. The Morgan fingerprint density at radius 2 is 2.20 bits per heavy atom. The van der Waals surface area contributed by atoms with Gasteiger partial charge in [0.25, 0.3) is 0 Å². The molecule has 0 amide bonds. The van der Waals surface area contributed by atoms with Gasteiger partial charge in [0, 0.05) is 13.1 Å². The van der Waals surface area contributed by atoms with Gasteiger partial charge in [-0.05, 0) is 25.5 Å². The van der Waals surface area contributed by atoms with Crippen molar-refractivity contribution in [3.8, 4) is 6.07 Å². The Labute approximate surface area is 95.3 Å². The van der Waals surface area contributed by atoms with Gasteiger partial charge in [0.1, 0.15) is 11.0 Å².